The number of hydrogen-bond acceptors (Lipinski definition) is 4. The Morgan fingerprint density at radius 3 is 2.25 bits per heavy atom. The minimum atomic E-state index is -0.0132. The number of ether oxygens (including phenoxy) is 3. The summed E-state index contributed by atoms with van der Waals surface area (Å²) in [5, 5.41) is 34.4. The molecule has 4 unspecified atom stereocenters. The molecule has 304 valence electrons. The second kappa shape index (κ2) is 9.86. The van der Waals surface area contributed by atoms with Crippen molar-refractivity contribution in [3.63, 3.8) is 0 Å². The first kappa shape index (κ1) is 32.4. The van der Waals surface area contributed by atoms with Crippen molar-refractivity contribution in [2.24, 2.45) is 5.92 Å². The molecule has 2 fully saturated rings. The van der Waals surface area contributed by atoms with Gasteiger partial charge in [0.15, 0.2) is 0 Å². The predicted octanol–water partition coefficient (Wildman–Crippen LogP) is 10.4. The molecular formula is C59H45NO3. The summed E-state index contributed by atoms with van der Waals surface area (Å²) >= 11 is 0. The van der Waals surface area contributed by atoms with Crippen LogP contribution in [0.3, 0.4) is 0 Å². The Bertz CT molecular complexity index is 4170. The average Bonchev–Trinajstić information content (AvgIpc) is 4.14. The van der Waals surface area contributed by atoms with E-state index in [2.05, 4.69) is 67.4 Å². The van der Waals surface area contributed by atoms with Crippen LogP contribution in [0.5, 0.6) is 5.75 Å². The second-order valence-corrected chi connectivity index (χ2v) is 22.1. The van der Waals surface area contributed by atoms with Gasteiger partial charge in [-0.1, -0.05) is 60.9 Å². The van der Waals surface area contributed by atoms with Gasteiger partial charge in [0.2, 0.25) is 0 Å². The van der Waals surface area contributed by atoms with E-state index < -0.39 is 0 Å². The lowest BCUT2D eigenvalue weighted by Crippen LogP contribution is -2.51. The Morgan fingerprint density at radius 2 is 1.43 bits per heavy atom. The highest BCUT2D eigenvalue weighted by atomic mass is 16.6. The van der Waals surface area contributed by atoms with Gasteiger partial charge in [-0.3, -0.25) is 4.90 Å². The van der Waals surface area contributed by atoms with Crippen LogP contribution in [0.2, 0.25) is 0 Å². The lowest BCUT2D eigenvalue weighted by Gasteiger charge is -2.43. The van der Waals surface area contributed by atoms with Crippen molar-refractivity contribution in [1.29, 1.82) is 0 Å². The minimum absolute atomic E-state index is 0.00937. The standard InChI is InChI=1S/C59H45NO3/c1-3-58(23-61-24-58)63-13-7-5-4-6-12-62-33-10-8-25(9-11-33)57-59-21-32-19-30-17-27-14-26-15-29-16-28-18-31-20-34(35(59)22-60(57)2)43-48-39(31)38(28)45-40(29)44-36(26)37(27)46-41(30)47-42(32)56(59)55(43)54-52(47)50(46)49(44)51(45)53(48)54/h8-11,15-17,19,26,35,57H,3-7,12-14,18,20-24H2,1-2H3. The third-order valence-corrected chi connectivity index (χ3v) is 19.7. The number of likely N-dealkylation sites (tertiary alicyclic amines) is 1. The van der Waals surface area contributed by atoms with Crippen LogP contribution >= 0.6 is 0 Å². The van der Waals surface area contributed by atoms with Crippen molar-refractivity contribution in [1.82, 2.24) is 4.90 Å². The van der Waals surface area contributed by atoms with Gasteiger partial charge >= 0.3 is 0 Å². The minimum Gasteiger partial charge on any atom is -0.494 e. The van der Waals surface area contributed by atoms with E-state index in [1.54, 1.807) is 146 Å². The molecule has 11 aromatic carbocycles. The molecule has 4 nitrogen and oxygen atoms in total. The lowest BCUT2D eigenvalue weighted by atomic mass is 9.60. The summed E-state index contributed by atoms with van der Waals surface area (Å²) in [6, 6.07) is 17.8. The van der Waals surface area contributed by atoms with Gasteiger partial charge in [-0.25, -0.2) is 0 Å². The van der Waals surface area contributed by atoms with E-state index >= 15 is 0 Å². The van der Waals surface area contributed by atoms with E-state index in [1.807, 2.05) is 0 Å². The zero-order valence-corrected chi connectivity index (χ0v) is 35.9. The van der Waals surface area contributed by atoms with E-state index in [9.17, 15) is 0 Å². The lowest BCUT2D eigenvalue weighted by molar-refractivity contribution is -0.211. The summed E-state index contributed by atoms with van der Waals surface area (Å²) in [6.07, 6.45) is 12.8. The Balaban J connectivity index is 0.812. The Kier molecular flexibility index (Phi) is 5.07. The van der Waals surface area contributed by atoms with Crippen molar-refractivity contribution in [2.75, 3.05) is 40.0 Å². The summed E-state index contributed by atoms with van der Waals surface area (Å²) in [5.41, 5.74) is 13.2. The number of unbranched alkanes of at least 4 members (excludes halogenated alkanes) is 3. The van der Waals surface area contributed by atoms with Crippen LogP contribution in [-0.4, -0.2) is 50.5 Å². The number of fused-ring (bicyclic) bond motifs is 1. The van der Waals surface area contributed by atoms with Gasteiger partial charge in [0.1, 0.15) is 11.4 Å². The zero-order valence-electron chi connectivity index (χ0n) is 35.9. The average molecular weight is 816 g/mol. The fourth-order valence-corrected chi connectivity index (χ4v) is 17.7. The van der Waals surface area contributed by atoms with Crippen LogP contribution in [-0.2, 0) is 34.2 Å². The van der Waals surface area contributed by atoms with E-state index in [-0.39, 0.29) is 11.0 Å². The highest BCUT2D eigenvalue weighted by Gasteiger charge is 2.62. The molecule has 0 N–H and O–H groups in total. The van der Waals surface area contributed by atoms with Crippen LogP contribution in [0.15, 0.2) is 42.5 Å². The Labute approximate surface area is 362 Å². The molecule has 0 amide bonds. The first-order valence-electron chi connectivity index (χ1n) is 24.5. The normalized spacial score (nSPS) is 25.7. The molecule has 1 spiro atoms. The zero-order chi connectivity index (χ0) is 40.3. The van der Waals surface area contributed by atoms with Crippen LogP contribution in [0, 0.1) is 5.92 Å². The molecule has 2 aliphatic heterocycles. The first-order valence-corrected chi connectivity index (χ1v) is 24.5. The highest BCUT2D eigenvalue weighted by Crippen LogP contribution is 2.70. The third-order valence-electron chi connectivity index (χ3n) is 19.7. The summed E-state index contributed by atoms with van der Waals surface area (Å²) < 4.78 is 18.1. The molecule has 4 atom stereocenters. The highest BCUT2D eigenvalue weighted by molar-refractivity contribution is 6.60. The van der Waals surface area contributed by atoms with Crippen molar-refractivity contribution < 1.29 is 14.2 Å². The molecule has 19 rings (SSSR count). The van der Waals surface area contributed by atoms with Crippen molar-refractivity contribution in [3.8, 4) is 5.75 Å². The fourth-order valence-electron chi connectivity index (χ4n) is 17.7. The van der Waals surface area contributed by atoms with E-state index in [1.165, 1.54) is 23.8 Å². The van der Waals surface area contributed by atoms with Gasteiger partial charge in [-0.05, 0) is 217 Å². The van der Waals surface area contributed by atoms with Gasteiger partial charge in [0.05, 0.1) is 19.8 Å². The maximum atomic E-state index is 6.44. The summed E-state index contributed by atoms with van der Waals surface area (Å²) in [7, 11) is 2.46. The van der Waals surface area contributed by atoms with Gasteiger partial charge in [0, 0.05) is 36.4 Å². The molecule has 0 saturated carbocycles. The van der Waals surface area contributed by atoms with Gasteiger partial charge in [-0.15, -0.1) is 0 Å². The molecule has 4 heteroatoms. The molecule has 6 aliphatic carbocycles. The van der Waals surface area contributed by atoms with E-state index in [4.69, 9.17) is 14.2 Å². The van der Waals surface area contributed by atoms with Crippen LogP contribution in [0.1, 0.15) is 90.8 Å². The monoisotopic (exact) mass is 815 g/mol. The predicted molar refractivity (Wildman–Crippen MR) is 256 cm³/mol. The smallest absolute Gasteiger partial charge is 0.119 e. The Hall–Kier alpha value is -5.26. The summed E-state index contributed by atoms with van der Waals surface area (Å²) in [4.78, 5) is 2.78. The Morgan fingerprint density at radius 1 is 0.683 bits per heavy atom. The van der Waals surface area contributed by atoms with Crippen molar-refractivity contribution in [2.45, 2.75) is 87.7 Å². The van der Waals surface area contributed by atoms with Crippen molar-refractivity contribution in [3.05, 3.63) is 91.5 Å². The van der Waals surface area contributed by atoms with Gasteiger partial charge in [-0.2, -0.15) is 0 Å². The molecule has 2 heterocycles. The SMILES string of the molecule is CCC1(OCCCCCCOc2ccc(C3N(C)CC4C5=c6c7c8c9c(cc%10cc%11c%12c%13c%14c%15c(cc%16c%17c(c6c6c7c7c9c%10c%12c7c%14c6c%17%15)=C(C5)C%16)=CC%13C%11)CC843)cc2)COC1. The molecule has 11 aromatic rings. The molecule has 0 bridgehead atoms. The third kappa shape index (κ3) is 3.09. The fraction of sp³-hybridized carbons (Fsp3) is 0.356. The first-order chi connectivity index (χ1) is 31.1. The van der Waals surface area contributed by atoms with Crippen LogP contribution < -0.4 is 20.4 Å². The molecule has 2 saturated heterocycles. The number of hydrogen-bond donors (Lipinski definition) is 0. The maximum Gasteiger partial charge on any atom is 0.119 e. The topological polar surface area (TPSA) is 30.9 Å². The molecule has 63 heavy (non-hydrogen) atoms. The molecule has 0 radical (unpaired) electrons. The summed E-state index contributed by atoms with van der Waals surface area (Å²) in [5.74, 6) is 1.97. The number of benzene rings is 8. The second-order valence-electron chi connectivity index (χ2n) is 22.1. The largest absolute Gasteiger partial charge is 0.494 e. The van der Waals surface area contributed by atoms with E-state index in [0.717, 1.165) is 83.7 Å². The molecule has 0 aromatic heterocycles. The molecule has 8 aliphatic rings. The summed E-state index contributed by atoms with van der Waals surface area (Å²) in [6.45, 7) is 6.44. The molecular weight excluding hydrogens is 771 g/mol. The van der Waals surface area contributed by atoms with Gasteiger partial charge < -0.3 is 14.2 Å². The quantitative estimate of drug-likeness (QED) is 0.0961. The number of rotatable bonds is 11. The number of nitrogens with zero attached hydrogens (tertiary/aromatic N) is 1. The maximum absolute atomic E-state index is 6.44. The van der Waals surface area contributed by atoms with Crippen LogP contribution in [0.4, 0.5) is 0 Å². The van der Waals surface area contributed by atoms with Crippen molar-refractivity contribution >= 4 is 114 Å². The van der Waals surface area contributed by atoms with Gasteiger partial charge in [0.25, 0.3) is 0 Å². The van der Waals surface area contributed by atoms with Crippen LogP contribution in [0.25, 0.3) is 114 Å². The number of likely N-dealkylation sites (N-methyl/N-ethyl adjacent to an activating group) is 1. The van der Waals surface area contributed by atoms with E-state index in [0.29, 0.717) is 17.9 Å².